The molecule has 0 aromatic carbocycles. The van der Waals surface area contributed by atoms with E-state index in [9.17, 15) is 4.79 Å². The van der Waals surface area contributed by atoms with E-state index in [1.165, 1.54) is 0 Å². The number of carbonyl (C=O) groups is 1. The van der Waals surface area contributed by atoms with Gasteiger partial charge in [-0.3, -0.25) is 9.69 Å². The molecule has 0 aromatic heterocycles. The molecule has 5 nitrogen and oxygen atoms in total. The minimum Gasteiger partial charge on any atom is -0.392 e. The molecular weight excluding hydrogens is 262 g/mol. The van der Waals surface area contributed by atoms with Crippen LogP contribution in [0.4, 0.5) is 0 Å². The zero-order valence-electron chi connectivity index (χ0n) is 11.3. The van der Waals surface area contributed by atoms with Crippen molar-refractivity contribution in [2.45, 2.75) is 31.8 Å². The Bertz CT molecular complexity index is 324. The molecular formula is C13H23N3O2S. The molecule has 2 heterocycles. The Morgan fingerprint density at radius 1 is 1.32 bits per heavy atom. The number of carbonyl (C=O) groups excluding carboxylic acids is 1. The molecule has 2 aliphatic heterocycles. The van der Waals surface area contributed by atoms with Gasteiger partial charge in [0, 0.05) is 45.8 Å². The average molecular weight is 285 g/mol. The lowest BCUT2D eigenvalue weighted by Crippen LogP contribution is -2.50. The van der Waals surface area contributed by atoms with Crippen molar-refractivity contribution in [3.8, 4) is 0 Å². The topological polar surface area (TPSA) is 58.8 Å². The van der Waals surface area contributed by atoms with Gasteiger partial charge < -0.3 is 15.4 Å². The number of thiocarbonyl (C=S) groups is 1. The van der Waals surface area contributed by atoms with Crippen LogP contribution in [-0.4, -0.2) is 66.1 Å². The lowest BCUT2D eigenvalue weighted by Gasteiger charge is -2.34. The summed E-state index contributed by atoms with van der Waals surface area (Å²) in [5, 5.41) is 0. The van der Waals surface area contributed by atoms with Gasteiger partial charge in [0.05, 0.1) is 11.1 Å². The molecule has 2 fully saturated rings. The lowest BCUT2D eigenvalue weighted by molar-refractivity contribution is -0.133. The van der Waals surface area contributed by atoms with Crippen molar-refractivity contribution in [3.05, 3.63) is 0 Å². The number of piperazine rings is 1. The van der Waals surface area contributed by atoms with E-state index in [2.05, 4.69) is 4.90 Å². The average Bonchev–Trinajstić information content (AvgIpc) is 2.89. The Morgan fingerprint density at radius 2 is 2.05 bits per heavy atom. The van der Waals surface area contributed by atoms with E-state index in [0.29, 0.717) is 24.1 Å². The van der Waals surface area contributed by atoms with Crippen molar-refractivity contribution in [2.75, 3.05) is 39.3 Å². The van der Waals surface area contributed by atoms with Crippen molar-refractivity contribution in [3.63, 3.8) is 0 Å². The summed E-state index contributed by atoms with van der Waals surface area (Å²) in [5.41, 5.74) is 5.53. The molecule has 19 heavy (non-hydrogen) atoms. The molecule has 108 valence electrons. The Labute approximate surface area is 120 Å². The second kappa shape index (κ2) is 7.17. The van der Waals surface area contributed by atoms with Crippen LogP contribution in [0.3, 0.4) is 0 Å². The summed E-state index contributed by atoms with van der Waals surface area (Å²) < 4.78 is 5.54. The highest BCUT2D eigenvalue weighted by Gasteiger charge is 2.23. The highest BCUT2D eigenvalue weighted by Crippen LogP contribution is 2.17. The molecule has 0 radical (unpaired) electrons. The number of hydrogen-bond acceptors (Lipinski definition) is 4. The number of hydrogen-bond donors (Lipinski definition) is 1. The first-order chi connectivity index (χ1) is 9.15. The van der Waals surface area contributed by atoms with Crippen LogP contribution in [-0.2, 0) is 9.53 Å². The van der Waals surface area contributed by atoms with Gasteiger partial charge in [-0.2, -0.15) is 0 Å². The summed E-state index contributed by atoms with van der Waals surface area (Å²) in [6.45, 7) is 4.82. The van der Waals surface area contributed by atoms with Crippen LogP contribution < -0.4 is 5.73 Å². The Balaban J connectivity index is 1.65. The van der Waals surface area contributed by atoms with Crippen molar-refractivity contribution in [1.82, 2.24) is 9.80 Å². The summed E-state index contributed by atoms with van der Waals surface area (Å²) in [4.78, 5) is 16.8. The Morgan fingerprint density at radius 3 is 2.63 bits per heavy atom. The molecule has 2 aliphatic rings. The van der Waals surface area contributed by atoms with Gasteiger partial charge in [0.1, 0.15) is 0 Å². The minimum absolute atomic E-state index is 0.255. The van der Waals surface area contributed by atoms with Gasteiger partial charge in [-0.1, -0.05) is 12.2 Å². The third-order valence-electron chi connectivity index (χ3n) is 3.81. The van der Waals surface area contributed by atoms with E-state index in [1.807, 2.05) is 4.90 Å². The third-order valence-corrected chi connectivity index (χ3v) is 3.94. The first-order valence-corrected chi connectivity index (χ1v) is 7.46. The van der Waals surface area contributed by atoms with Gasteiger partial charge >= 0.3 is 0 Å². The first-order valence-electron chi connectivity index (χ1n) is 7.05. The molecule has 0 aliphatic carbocycles. The molecule has 0 spiro atoms. The third kappa shape index (κ3) is 4.71. The highest BCUT2D eigenvalue weighted by molar-refractivity contribution is 7.80. The van der Waals surface area contributed by atoms with Crippen LogP contribution >= 0.6 is 12.2 Å². The fraction of sp³-hybridized carbons (Fsp3) is 0.846. The molecule has 1 amide bonds. The fourth-order valence-corrected chi connectivity index (χ4v) is 2.87. The summed E-state index contributed by atoms with van der Waals surface area (Å²) in [7, 11) is 0. The number of rotatable bonds is 5. The van der Waals surface area contributed by atoms with E-state index in [1.54, 1.807) is 0 Å². The van der Waals surface area contributed by atoms with Gasteiger partial charge in [-0.05, 0) is 19.3 Å². The summed E-state index contributed by atoms with van der Waals surface area (Å²) in [5.74, 6) is 0.255. The molecule has 6 heteroatoms. The van der Waals surface area contributed by atoms with Crippen LogP contribution in [0.2, 0.25) is 0 Å². The van der Waals surface area contributed by atoms with E-state index in [-0.39, 0.29) is 5.91 Å². The Kier molecular flexibility index (Phi) is 5.54. The van der Waals surface area contributed by atoms with E-state index in [4.69, 9.17) is 22.7 Å². The number of ether oxygens (including phenoxy) is 1. The van der Waals surface area contributed by atoms with Crippen LogP contribution in [0.1, 0.15) is 25.7 Å². The lowest BCUT2D eigenvalue weighted by atomic mass is 10.1. The van der Waals surface area contributed by atoms with Crippen molar-refractivity contribution < 1.29 is 9.53 Å². The molecule has 2 saturated heterocycles. The smallest absolute Gasteiger partial charge is 0.222 e. The largest absolute Gasteiger partial charge is 0.392 e. The van der Waals surface area contributed by atoms with Gasteiger partial charge in [-0.15, -0.1) is 0 Å². The van der Waals surface area contributed by atoms with Crippen LogP contribution in [0, 0.1) is 0 Å². The molecule has 2 rings (SSSR count). The predicted molar refractivity (Wildman–Crippen MR) is 78.0 cm³/mol. The zero-order valence-corrected chi connectivity index (χ0v) is 12.2. The van der Waals surface area contributed by atoms with E-state index < -0.39 is 0 Å². The number of nitrogens with zero attached hydrogens (tertiary/aromatic N) is 2. The fourth-order valence-electron chi connectivity index (χ4n) is 2.69. The quantitative estimate of drug-likeness (QED) is 0.740. The number of amides is 1. The maximum absolute atomic E-state index is 12.1. The van der Waals surface area contributed by atoms with Crippen LogP contribution in [0.25, 0.3) is 0 Å². The van der Waals surface area contributed by atoms with Crippen molar-refractivity contribution in [1.29, 1.82) is 0 Å². The maximum atomic E-state index is 12.1. The second-order valence-electron chi connectivity index (χ2n) is 5.30. The first kappa shape index (κ1) is 14.7. The van der Waals surface area contributed by atoms with E-state index in [0.717, 1.165) is 52.0 Å². The monoisotopic (exact) mass is 285 g/mol. The molecule has 1 atom stereocenters. The summed E-state index contributed by atoms with van der Waals surface area (Å²) in [6.07, 6.45) is 4.03. The van der Waals surface area contributed by atoms with Gasteiger partial charge in [0.15, 0.2) is 0 Å². The van der Waals surface area contributed by atoms with Crippen LogP contribution in [0.15, 0.2) is 0 Å². The summed E-state index contributed by atoms with van der Waals surface area (Å²) >= 11 is 4.90. The minimum atomic E-state index is 0.255. The highest BCUT2D eigenvalue weighted by atomic mass is 32.1. The molecule has 1 unspecified atom stereocenters. The standard InChI is InChI=1S/C13H23N3O2S/c14-12(19)10-15-5-7-16(8-6-15)13(17)4-3-11-2-1-9-18-11/h11H,1-10H2,(H2,14,19). The van der Waals surface area contributed by atoms with E-state index >= 15 is 0 Å². The maximum Gasteiger partial charge on any atom is 0.222 e. The summed E-state index contributed by atoms with van der Waals surface area (Å²) in [6, 6.07) is 0. The van der Waals surface area contributed by atoms with Gasteiger partial charge in [0.2, 0.25) is 5.91 Å². The molecule has 0 saturated carbocycles. The SMILES string of the molecule is NC(=S)CN1CCN(C(=O)CCC2CCCO2)CC1. The van der Waals surface area contributed by atoms with Crippen molar-refractivity contribution >= 4 is 23.1 Å². The molecule has 2 N–H and O–H groups in total. The normalized spacial score (nSPS) is 24.6. The number of nitrogens with two attached hydrogens (primary N) is 1. The Hall–Kier alpha value is -0.720. The molecule has 0 bridgehead atoms. The second-order valence-corrected chi connectivity index (χ2v) is 5.82. The van der Waals surface area contributed by atoms with Crippen LogP contribution in [0.5, 0.6) is 0 Å². The predicted octanol–water partition coefficient (Wildman–Crippen LogP) is 0.376. The van der Waals surface area contributed by atoms with Crippen molar-refractivity contribution in [2.24, 2.45) is 5.73 Å². The van der Waals surface area contributed by atoms with Gasteiger partial charge in [0.25, 0.3) is 0 Å². The molecule has 0 aromatic rings. The zero-order chi connectivity index (χ0) is 13.7. The van der Waals surface area contributed by atoms with Gasteiger partial charge in [-0.25, -0.2) is 0 Å².